The van der Waals surface area contributed by atoms with Crippen LogP contribution in [0, 0.1) is 24.2 Å². The summed E-state index contributed by atoms with van der Waals surface area (Å²) in [4.78, 5) is 0. The Morgan fingerprint density at radius 3 is 2.65 bits per heavy atom. The van der Waals surface area contributed by atoms with Gasteiger partial charge in [-0.25, -0.2) is 8.42 Å². The molecule has 0 radical (unpaired) electrons. The summed E-state index contributed by atoms with van der Waals surface area (Å²) in [7, 11) is -3.38. The summed E-state index contributed by atoms with van der Waals surface area (Å²) in [6, 6.07) is 7.27. The highest BCUT2D eigenvalue weighted by Crippen LogP contribution is 2.26. The second kappa shape index (κ2) is 6.27. The Kier molecular flexibility index (Phi) is 4.66. The third kappa shape index (κ3) is 3.73. The Bertz CT molecular complexity index is 611. The third-order valence-corrected chi connectivity index (χ3v) is 5.27. The van der Waals surface area contributed by atoms with Crippen molar-refractivity contribution in [3.8, 4) is 6.07 Å². The predicted molar refractivity (Wildman–Crippen MR) is 79.9 cm³/mol. The maximum atomic E-state index is 12.2. The summed E-state index contributed by atoms with van der Waals surface area (Å²) in [5.41, 5.74) is 1.58. The lowest BCUT2D eigenvalue weighted by Crippen LogP contribution is -2.24. The smallest absolute Gasteiger partial charge is 0.233 e. The van der Waals surface area contributed by atoms with Gasteiger partial charge in [-0.3, -0.25) is 4.72 Å². The minimum atomic E-state index is -3.38. The highest BCUT2D eigenvalue weighted by Gasteiger charge is 2.22. The first-order chi connectivity index (χ1) is 9.52. The molecule has 1 N–H and O–H groups in total. The lowest BCUT2D eigenvalue weighted by Gasteiger charge is -2.21. The summed E-state index contributed by atoms with van der Waals surface area (Å²) < 4.78 is 27.0. The number of anilines is 1. The van der Waals surface area contributed by atoms with Crippen LogP contribution in [0.4, 0.5) is 5.69 Å². The third-order valence-electron chi connectivity index (χ3n) is 3.83. The minimum absolute atomic E-state index is 0.159. The molecule has 1 fully saturated rings. The number of nitrogens with zero attached hydrogens (tertiary/aromatic N) is 1. The van der Waals surface area contributed by atoms with Gasteiger partial charge in [0, 0.05) is 0 Å². The monoisotopic (exact) mass is 292 g/mol. The van der Waals surface area contributed by atoms with Crippen LogP contribution in [0.3, 0.4) is 0 Å². The van der Waals surface area contributed by atoms with Crippen LogP contribution in [0.5, 0.6) is 0 Å². The minimum Gasteiger partial charge on any atom is -0.282 e. The highest BCUT2D eigenvalue weighted by molar-refractivity contribution is 7.92. The van der Waals surface area contributed by atoms with Crippen LogP contribution >= 0.6 is 0 Å². The van der Waals surface area contributed by atoms with Gasteiger partial charge >= 0.3 is 0 Å². The van der Waals surface area contributed by atoms with Crippen LogP contribution in [-0.2, 0) is 10.0 Å². The lowest BCUT2D eigenvalue weighted by molar-refractivity contribution is 0.385. The molecule has 108 valence electrons. The van der Waals surface area contributed by atoms with Crippen LogP contribution in [0.15, 0.2) is 18.2 Å². The summed E-state index contributed by atoms with van der Waals surface area (Å²) >= 11 is 0. The zero-order chi connectivity index (χ0) is 14.6. The maximum Gasteiger partial charge on any atom is 0.233 e. The highest BCUT2D eigenvalue weighted by atomic mass is 32.2. The average molecular weight is 292 g/mol. The Labute approximate surface area is 120 Å². The first kappa shape index (κ1) is 14.9. The largest absolute Gasteiger partial charge is 0.282 e. The van der Waals surface area contributed by atoms with Gasteiger partial charge in [0.05, 0.1) is 17.0 Å². The summed E-state index contributed by atoms with van der Waals surface area (Å²) in [6.45, 7) is 1.80. The number of nitriles is 1. The molecule has 1 aromatic carbocycles. The van der Waals surface area contributed by atoms with E-state index in [-0.39, 0.29) is 11.7 Å². The van der Waals surface area contributed by atoms with Gasteiger partial charge in [-0.2, -0.15) is 5.26 Å². The molecule has 1 aliphatic rings. The van der Waals surface area contributed by atoms with Crippen molar-refractivity contribution in [1.82, 2.24) is 0 Å². The van der Waals surface area contributed by atoms with E-state index in [0.717, 1.165) is 31.2 Å². The molecule has 0 atom stereocenters. The van der Waals surface area contributed by atoms with E-state index in [1.807, 2.05) is 0 Å². The molecule has 5 heteroatoms. The van der Waals surface area contributed by atoms with Crippen LogP contribution in [-0.4, -0.2) is 14.2 Å². The number of nitrogens with one attached hydrogen (secondary N) is 1. The Morgan fingerprint density at radius 1 is 1.30 bits per heavy atom. The number of sulfonamides is 1. The van der Waals surface area contributed by atoms with Crippen molar-refractivity contribution in [3.05, 3.63) is 29.3 Å². The summed E-state index contributed by atoms with van der Waals surface area (Å²) in [5, 5.41) is 9.13. The van der Waals surface area contributed by atoms with Gasteiger partial charge in [-0.05, 0) is 37.3 Å². The van der Waals surface area contributed by atoms with Gasteiger partial charge in [-0.1, -0.05) is 31.4 Å². The van der Waals surface area contributed by atoms with E-state index in [4.69, 9.17) is 5.26 Å². The molecule has 20 heavy (non-hydrogen) atoms. The van der Waals surface area contributed by atoms with Crippen molar-refractivity contribution >= 4 is 15.7 Å². The molecule has 1 saturated carbocycles. The molecule has 1 aliphatic carbocycles. The van der Waals surface area contributed by atoms with E-state index in [9.17, 15) is 8.42 Å². The molecule has 1 aromatic rings. The molecule has 2 rings (SSSR count). The molecular weight excluding hydrogens is 272 g/mol. The molecule has 0 aliphatic heterocycles. The molecule has 0 aromatic heterocycles. The van der Waals surface area contributed by atoms with E-state index >= 15 is 0 Å². The second-order valence-corrected chi connectivity index (χ2v) is 7.26. The van der Waals surface area contributed by atoms with E-state index in [1.54, 1.807) is 25.1 Å². The topological polar surface area (TPSA) is 70.0 Å². The summed E-state index contributed by atoms with van der Waals surface area (Å²) in [5.74, 6) is 0.405. The van der Waals surface area contributed by atoms with Gasteiger partial charge in [0.1, 0.15) is 6.07 Å². The maximum absolute atomic E-state index is 12.2. The van der Waals surface area contributed by atoms with Crippen molar-refractivity contribution in [1.29, 1.82) is 5.26 Å². The SMILES string of the molecule is Cc1cccc(NS(=O)(=O)CC2CCCCC2)c1C#N. The van der Waals surface area contributed by atoms with Gasteiger partial charge in [0.2, 0.25) is 10.0 Å². The molecule has 4 nitrogen and oxygen atoms in total. The van der Waals surface area contributed by atoms with Crippen molar-refractivity contribution in [2.24, 2.45) is 5.92 Å². The van der Waals surface area contributed by atoms with E-state index in [2.05, 4.69) is 10.8 Å². The van der Waals surface area contributed by atoms with Crippen molar-refractivity contribution in [2.45, 2.75) is 39.0 Å². The first-order valence-corrected chi connectivity index (χ1v) is 8.67. The number of rotatable bonds is 4. The molecule has 0 amide bonds. The molecule has 0 bridgehead atoms. The quantitative estimate of drug-likeness (QED) is 0.926. The van der Waals surface area contributed by atoms with Crippen LogP contribution in [0.1, 0.15) is 43.2 Å². The van der Waals surface area contributed by atoms with Gasteiger partial charge < -0.3 is 0 Å². The molecule has 0 saturated heterocycles. The molecule has 0 unspecified atom stereocenters. The van der Waals surface area contributed by atoms with Crippen molar-refractivity contribution in [2.75, 3.05) is 10.5 Å². The predicted octanol–water partition coefficient (Wildman–Crippen LogP) is 3.19. The average Bonchev–Trinajstić information content (AvgIpc) is 2.39. The lowest BCUT2D eigenvalue weighted by atomic mass is 9.91. The molecule has 0 spiro atoms. The number of benzene rings is 1. The second-order valence-electron chi connectivity index (χ2n) is 5.50. The zero-order valence-electron chi connectivity index (χ0n) is 11.7. The van der Waals surface area contributed by atoms with E-state index in [0.29, 0.717) is 11.3 Å². The fourth-order valence-electron chi connectivity index (χ4n) is 2.77. The normalized spacial score (nSPS) is 16.6. The Morgan fingerprint density at radius 2 is 2.00 bits per heavy atom. The van der Waals surface area contributed by atoms with E-state index < -0.39 is 10.0 Å². The summed E-state index contributed by atoms with van der Waals surface area (Å²) in [6.07, 6.45) is 5.42. The van der Waals surface area contributed by atoms with Gasteiger partial charge in [-0.15, -0.1) is 0 Å². The number of aryl methyl sites for hydroxylation is 1. The fraction of sp³-hybridized carbons (Fsp3) is 0.533. The standard InChI is InChI=1S/C15H20N2O2S/c1-12-6-5-9-15(14(12)10-16)17-20(18,19)11-13-7-3-2-4-8-13/h5-6,9,13,17H,2-4,7-8,11H2,1H3. The molecule has 0 heterocycles. The van der Waals surface area contributed by atoms with Crippen LogP contribution < -0.4 is 4.72 Å². The fourth-order valence-corrected chi connectivity index (χ4v) is 4.32. The Hall–Kier alpha value is -1.54. The Balaban J connectivity index is 2.12. The van der Waals surface area contributed by atoms with Crippen molar-refractivity contribution < 1.29 is 8.42 Å². The van der Waals surface area contributed by atoms with Gasteiger partial charge in [0.15, 0.2) is 0 Å². The van der Waals surface area contributed by atoms with Gasteiger partial charge in [0.25, 0.3) is 0 Å². The molecular formula is C15H20N2O2S. The zero-order valence-corrected chi connectivity index (χ0v) is 12.5. The number of hydrogen-bond acceptors (Lipinski definition) is 3. The number of hydrogen-bond donors (Lipinski definition) is 1. The van der Waals surface area contributed by atoms with Crippen LogP contribution in [0.2, 0.25) is 0 Å². The van der Waals surface area contributed by atoms with Crippen LogP contribution in [0.25, 0.3) is 0 Å². The van der Waals surface area contributed by atoms with E-state index in [1.165, 1.54) is 6.42 Å². The first-order valence-electron chi connectivity index (χ1n) is 7.02. The van der Waals surface area contributed by atoms with Crippen molar-refractivity contribution in [3.63, 3.8) is 0 Å².